The Morgan fingerprint density at radius 1 is 1.21 bits per heavy atom. The van der Waals surface area contributed by atoms with Gasteiger partial charge in [0.05, 0.1) is 6.10 Å². The van der Waals surface area contributed by atoms with Gasteiger partial charge in [-0.3, -0.25) is 10.1 Å². The van der Waals surface area contributed by atoms with E-state index in [0.29, 0.717) is 5.56 Å². The highest BCUT2D eigenvalue weighted by atomic mass is 32.1. The van der Waals surface area contributed by atoms with Gasteiger partial charge in [-0.2, -0.15) is 0 Å². The Kier molecular flexibility index (Phi) is 6.32. The van der Waals surface area contributed by atoms with Gasteiger partial charge in [0.15, 0.2) is 5.11 Å². The summed E-state index contributed by atoms with van der Waals surface area (Å²) in [7, 11) is 0. The monoisotopic (exact) mass is 342 g/mol. The van der Waals surface area contributed by atoms with Crippen molar-refractivity contribution < 1.29 is 9.53 Å². The summed E-state index contributed by atoms with van der Waals surface area (Å²) in [5, 5.41) is 5.96. The Morgan fingerprint density at radius 3 is 2.67 bits per heavy atom. The number of ether oxygens (including phenoxy) is 1. The number of hydrogen-bond acceptors (Lipinski definition) is 3. The van der Waals surface area contributed by atoms with Crippen LogP contribution in [-0.2, 0) is 0 Å². The van der Waals surface area contributed by atoms with Gasteiger partial charge in [-0.05, 0) is 56.2 Å². The quantitative estimate of drug-likeness (QED) is 0.796. The number of carbonyl (C=O) groups excluding carboxylic acids is 1. The van der Waals surface area contributed by atoms with Crippen molar-refractivity contribution in [2.75, 3.05) is 5.32 Å². The molecule has 126 valence electrons. The Hall–Kier alpha value is -2.40. The average molecular weight is 342 g/mol. The van der Waals surface area contributed by atoms with Crippen LogP contribution in [0.4, 0.5) is 5.69 Å². The minimum atomic E-state index is -0.224. The molecule has 0 aliphatic heterocycles. The Bertz CT molecular complexity index is 731. The number of hydrogen-bond donors (Lipinski definition) is 2. The molecule has 1 atom stereocenters. The van der Waals surface area contributed by atoms with Gasteiger partial charge < -0.3 is 10.1 Å². The lowest BCUT2D eigenvalue weighted by Crippen LogP contribution is -2.34. The maximum Gasteiger partial charge on any atom is 0.257 e. The van der Waals surface area contributed by atoms with E-state index in [1.165, 1.54) is 0 Å². The molecule has 5 heteroatoms. The number of benzene rings is 2. The second kappa shape index (κ2) is 8.45. The van der Waals surface area contributed by atoms with Crippen LogP contribution in [0.15, 0.2) is 48.5 Å². The second-order valence-electron chi connectivity index (χ2n) is 5.59. The van der Waals surface area contributed by atoms with Crippen LogP contribution in [-0.4, -0.2) is 17.1 Å². The minimum absolute atomic E-state index is 0.146. The van der Waals surface area contributed by atoms with Gasteiger partial charge in [-0.25, -0.2) is 0 Å². The van der Waals surface area contributed by atoms with E-state index in [0.717, 1.165) is 23.4 Å². The number of carbonyl (C=O) groups is 1. The molecule has 0 radical (unpaired) electrons. The predicted molar refractivity (Wildman–Crippen MR) is 102 cm³/mol. The Morgan fingerprint density at radius 2 is 1.96 bits per heavy atom. The summed E-state index contributed by atoms with van der Waals surface area (Å²) < 4.78 is 5.78. The molecule has 0 saturated heterocycles. The van der Waals surface area contributed by atoms with Crippen molar-refractivity contribution in [3.05, 3.63) is 59.7 Å². The number of rotatable bonds is 5. The van der Waals surface area contributed by atoms with E-state index in [-0.39, 0.29) is 17.1 Å². The fourth-order valence-corrected chi connectivity index (χ4v) is 2.33. The van der Waals surface area contributed by atoms with Gasteiger partial charge in [-0.1, -0.05) is 31.2 Å². The highest BCUT2D eigenvalue weighted by Gasteiger charge is 2.10. The summed E-state index contributed by atoms with van der Waals surface area (Å²) in [5.74, 6) is 0.542. The maximum absolute atomic E-state index is 12.3. The van der Waals surface area contributed by atoms with Gasteiger partial charge in [0, 0.05) is 17.3 Å². The zero-order chi connectivity index (χ0) is 17.5. The molecule has 0 aromatic heterocycles. The molecule has 0 aliphatic carbocycles. The topological polar surface area (TPSA) is 50.4 Å². The van der Waals surface area contributed by atoms with Crippen LogP contribution < -0.4 is 15.4 Å². The van der Waals surface area contributed by atoms with E-state index >= 15 is 0 Å². The van der Waals surface area contributed by atoms with Crippen LogP contribution in [0.5, 0.6) is 5.75 Å². The van der Waals surface area contributed by atoms with Crippen LogP contribution in [0.1, 0.15) is 36.2 Å². The molecule has 1 unspecified atom stereocenters. The van der Waals surface area contributed by atoms with E-state index in [4.69, 9.17) is 17.0 Å². The van der Waals surface area contributed by atoms with Crippen LogP contribution in [0.2, 0.25) is 0 Å². The molecule has 0 bridgehead atoms. The third kappa shape index (κ3) is 5.06. The van der Waals surface area contributed by atoms with Gasteiger partial charge in [0.2, 0.25) is 0 Å². The van der Waals surface area contributed by atoms with Crippen molar-refractivity contribution in [3.8, 4) is 5.75 Å². The minimum Gasteiger partial charge on any atom is -0.491 e. The molecule has 2 aromatic rings. The molecule has 2 N–H and O–H groups in total. The molecule has 0 saturated carbocycles. The molecule has 0 aliphatic rings. The largest absolute Gasteiger partial charge is 0.491 e. The van der Waals surface area contributed by atoms with Crippen molar-refractivity contribution in [1.82, 2.24) is 5.32 Å². The molecule has 24 heavy (non-hydrogen) atoms. The van der Waals surface area contributed by atoms with E-state index in [1.54, 1.807) is 6.07 Å². The first-order valence-corrected chi connectivity index (χ1v) is 8.35. The lowest BCUT2D eigenvalue weighted by molar-refractivity contribution is 0.0977. The standard InChI is InChI=1S/C19H22N2O2S/c1-4-14(3)23-16-10-7-9-15(12-16)20-19(24)21-18(22)17-11-6-5-8-13(17)2/h5-12,14H,4H2,1-3H3,(H2,20,21,22,24). The normalized spacial score (nSPS) is 11.5. The molecule has 0 heterocycles. The van der Waals surface area contributed by atoms with Crippen LogP contribution >= 0.6 is 12.2 Å². The number of amides is 1. The van der Waals surface area contributed by atoms with Crippen LogP contribution in [0.3, 0.4) is 0 Å². The lowest BCUT2D eigenvalue weighted by Gasteiger charge is -2.14. The molecular weight excluding hydrogens is 320 g/mol. The van der Waals surface area contributed by atoms with Gasteiger partial charge >= 0.3 is 0 Å². The summed E-state index contributed by atoms with van der Waals surface area (Å²) in [6, 6.07) is 14.9. The van der Waals surface area contributed by atoms with Crippen molar-refractivity contribution in [3.63, 3.8) is 0 Å². The first-order chi connectivity index (χ1) is 11.5. The van der Waals surface area contributed by atoms with Crippen molar-refractivity contribution >= 4 is 28.9 Å². The predicted octanol–water partition coefficient (Wildman–Crippen LogP) is 4.30. The van der Waals surface area contributed by atoms with E-state index in [2.05, 4.69) is 17.6 Å². The van der Waals surface area contributed by atoms with E-state index in [9.17, 15) is 4.79 Å². The summed E-state index contributed by atoms with van der Waals surface area (Å²) in [4.78, 5) is 12.3. The summed E-state index contributed by atoms with van der Waals surface area (Å²) in [5.41, 5.74) is 2.28. The van der Waals surface area contributed by atoms with E-state index < -0.39 is 0 Å². The molecule has 1 amide bonds. The highest BCUT2D eigenvalue weighted by molar-refractivity contribution is 7.80. The first-order valence-electron chi connectivity index (χ1n) is 7.94. The second-order valence-corrected chi connectivity index (χ2v) is 6.00. The highest BCUT2D eigenvalue weighted by Crippen LogP contribution is 2.19. The number of thiocarbonyl (C=S) groups is 1. The molecule has 0 fully saturated rings. The lowest BCUT2D eigenvalue weighted by atomic mass is 10.1. The average Bonchev–Trinajstić information content (AvgIpc) is 2.55. The van der Waals surface area contributed by atoms with Crippen molar-refractivity contribution in [2.24, 2.45) is 0 Å². The fraction of sp³-hybridized carbons (Fsp3) is 0.263. The Balaban J connectivity index is 1.98. The SMILES string of the molecule is CCC(C)Oc1cccc(NC(=S)NC(=O)c2ccccc2C)c1. The zero-order valence-corrected chi connectivity index (χ0v) is 14.9. The zero-order valence-electron chi connectivity index (χ0n) is 14.1. The van der Waals surface area contributed by atoms with Crippen molar-refractivity contribution in [1.29, 1.82) is 0 Å². The fourth-order valence-electron chi connectivity index (χ4n) is 2.12. The maximum atomic E-state index is 12.3. The molecular formula is C19H22N2O2S. The van der Waals surface area contributed by atoms with Gasteiger partial charge in [-0.15, -0.1) is 0 Å². The molecule has 0 spiro atoms. The number of anilines is 1. The van der Waals surface area contributed by atoms with Crippen LogP contribution in [0.25, 0.3) is 0 Å². The smallest absolute Gasteiger partial charge is 0.257 e. The van der Waals surface area contributed by atoms with Crippen molar-refractivity contribution in [2.45, 2.75) is 33.3 Å². The summed E-state index contributed by atoms with van der Waals surface area (Å²) >= 11 is 5.23. The molecule has 2 rings (SSSR count). The Labute approximate surface area is 148 Å². The van der Waals surface area contributed by atoms with Crippen LogP contribution in [0, 0.1) is 6.92 Å². The number of aryl methyl sites for hydroxylation is 1. The summed E-state index contributed by atoms with van der Waals surface area (Å²) in [6.07, 6.45) is 1.08. The third-order valence-corrected chi connectivity index (χ3v) is 3.82. The first kappa shape index (κ1) is 17.9. The van der Waals surface area contributed by atoms with E-state index in [1.807, 2.05) is 56.3 Å². The van der Waals surface area contributed by atoms with Gasteiger partial charge in [0.25, 0.3) is 5.91 Å². The third-order valence-electron chi connectivity index (χ3n) is 3.62. The number of nitrogens with one attached hydrogen (secondary N) is 2. The molecule has 2 aromatic carbocycles. The van der Waals surface area contributed by atoms with Gasteiger partial charge in [0.1, 0.15) is 5.75 Å². The molecule has 4 nitrogen and oxygen atoms in total. The summed E-state index contributed by atoms with van der Waals surface area (Å²) in [6.45, 7) is 5.98.